The van der Waals surface area contributed by atoms with E-state index in [0.29, 0.717) is 5.92 Å². The molecule has 2 aromatic rings. The molecule has 1 aliphatic carbocycles. The van der Waals surface area contributed by atoms with E-state index in [0.717, 1.165) is 41.4 Å². The first-order chi connectivity index (χ1) is 7.78. The third kappa shape index (κ3) is 1.52. The van der Waals surface area contributed by atoms with Gasteiger partial charge in [-0.1, -0.05) is 6.92 Å². The maximum absolute atomic E-state index is 11.8. The lowest BCUT2D eigenvalue weighted by atomic mass is 10.1. The van der Waals surface area contributed by atoms with Gasteiger partial charge in [0.05, 0.1) is 11.0 Å². The maximum Gasteiger partial charge on any atom is 0.252 e. The molecule has 0 radical (unpaired) electrons. The molecule has 3 heteroatoms. The summed E-state index contributed by atoms with van der Waals surface area (Å²) in [6, 6.07) is 3.96. The summed E-state index contributed by atoms with van der Waals surface area (Å²) in [5.41, 5.74) is 3.88. The van der Waals surface area contributed by atoms with E-state index in [1.807, 2.05) is 18.3 Å². The monoisotopic (exact) mass is 214 g/mol. The second-order valence-corrected chi connectivity index (χ2v) is 4.46. The predicted molar refractivity (Wildman–Crippen MR) is 63.7 cm³/mol. The summed E-state index contributed by atoms with van der Waals surface area (Å²) in [5, 5.41) is 0. The molecule has 16 heavy (non-hydrogen) atoms. The van der Waals surface area contributed by atoms with Crippen molar-refractivity contribution in [2.45, 2.75) is 32.1 Å². The van der Waals surface area contributed by atoms with E-state index in [9.17, 15) is 4.79 Å². The van der Waals surface area contributed by atoms with Gasteiger partial charge >= 0.3 is 0 Å². The smallest absolute Gasteiger partial charge is 0.252 e. The van der Waals surface area contributed by atoms with Crippen molar-refractivity contribution in [1.29, 1.82) is 0 Å². The highest BCUT2D eigenvalue weighted by Crippen LogP contribution is 2.38. The van der Waals surface area contributed by atoms with Crippen LogP contribution in [0.3, 0.4) is 0 Å². The van der Waals surface area contributed by atoms with Gasteiger partial charge in [-0.2, -0.15) is 0 Å². The van der Waals surface area contributed by atoms with Gasteiger partial charge in [-0.3, -0.25) is 9.78 Å². The van der Waals surface area contributed by atoms with E-state index in [1.54, 1.807) is 0 Å². The van der Waals surface area contributed by atoms with E-state index < -0.39 is 0 Å². The molecule has 82 valence electrons. The van der Waals surface area contributed by atoms with Crippen molar-refractivity contribution in [2.24, 2.45) is 0 Å². The first kappa shape index (κ1) is 9.58. The number of pyridine rings is 2. The van der Waals surface area contributed by atoms with Gasteiger partial charge in [0.1, 0.15) is 0 Å². The zero-order chi connectivity index (χ0) is 11.1. The zero-order valence-electron chi connectivity index (χ0n) is 9.29. The summed E-state index contributed by atoms with van der Waals surface area (Å²) in [7, 11) is 0. The van der Waals surface area contributed by atoms with Crippen LogP contribution in [0.25, 0.3) is 11.0 Å². The van der Waals surface area contributed by atoms with Gasteiger partial charge in [-0.15, -0.1) is 0 Å². The van der Waals surface area contributed by atoms with Crippen LogP contribution in [-0.2, 0) is 6.42 Å². The average Bonchev–Trinajstić information content (AvgIpc) is 3.11. The van der Waals surface area contributed by atoms with E-state index in [-0.39, 0.29) is 5.56 Å². The minimum absolute atomic E-state index is 0.0602. The fourth-order valence-corrected chi connectivity index (χ4v) is 2.03. The summed E-state index contributed by atoms with van der Waals surface area (Å²) in [5.74, 6) is 0.473. The molecule has 2 aromatic heterocycles. The van der Waals surface area contributed by atoms with Crippen LogP contribution < -0.4 is 5.56 Å². The van der Waals surface area contributed by atoms with Gasteiger partial charge in [0, 0.05) is 11.8 Å². The number of H-pyrrole nitrogens is 1. The van der Waals surface area contributed by atoms with Crippen LogP contribution in [0.2, 0.25) is 0 Å². The number of aromatic amines is 1. The van der Waals surface area contributed by atoms with Crippen LogP contribution >= 0.6 is 0 Å². The van der Waals surface area contributed by atoms with Gasteiger partial charge in [0.15, 0.2) is 0 Å². The van der Waals surface area contributed by atoms with Gasteiger partial charge in [-0.05, 0) is 42.9 Å². The summed E-state index contributed by atoms with van der Waals surface area (Å²) in [6.45, 7) is 2.08. The van der Waals surface area contributed by atoms with Crippen molar-refractivity contribution in [3.05, 3.63) is 39.8 Å². The molecule has 0 bridgehead atoms. The van der Waals surface area contributed by atoms with E-state index in [1.165, 1.54) is 0 Å². The zero-order valence-corrected chi connectivity index (χ0v) is 9.29. The van der Waals surface area contributed by atoms with Crippen molar-refractivity contribution in [3.8, 4) is 0 Å². The Morgan fingerprint density at radius 1 is 1.44 bits per heavy atom. The first-order valence-corrected chi connectivity index (χ1v) is 5.80. The Hall–Kier alpha value is -1.64. The molecule has 1 fully saturated rings. The molecule has 0 aliphatic heterocycles. The lowest BCUT2D eigenvalue weighted by Crippen LogP contribution is -2.11. The standard InChI is InChI=1S/C13H14N2O/c1-2-8-5-12-11(14-7-8)6-10(9-3-4-9)13(16)15-12/h5-7,9H,2-4H2,1H3,(H,15,16). The third-order valence-corrected chi connectivity index (χ3v) is 3.20. The number of rotatable bonds is 2. The van der Waals surface area contributed by atoms with Gasteiger partial charge in [0.25, 0.3) is 5.56 Å². The number of fused-ring (bicyclic) bond motifs is 1. The molecule has 2 heterocycles. The van der Waals surface area contributed by atoms with Crippen molar-refractivity contribution in [2.75, 3.05) is 0 Å². The lowest BCUT2D eigenvalue weighted by molar-refractivity contribution is 1.06. The number of nitrogens with one attached hydrogen (secondary N) is 1. The average molecular weight is 214 g/mol. The summed E-state index contributed by atoms with van der Waals surface area (Å²) in [4.78, 5) is 19.2. The highest BCUT2D eigenvalue weighted by atomic mass is 16.1. The van der Waals surface area contributed by atoms with E-state index >= 15 is 0 Å². The Morgan fingerprint density at radius 3 is 2.94 bits per heavy atom. The van der Waals surface area contributed by atoms with Crippen LogP contribution in [0.5, 0.6) is 0 Å². The molecule has 0 amide bonds. The summed E-state index contributed by atoms with van der Waals surface area (Å²) >= 11 is 0. The maximum atomic E-state index is 11.8. The molecule has 3 nitrogen and oxygen atoms in total. The van der Waals surface area contributed by atoms with E-state index in [4.69, 9.17) is 0 Å². The van der Waals surface area contributed by atoms with Gasteiger partial charge in [-0.25, -0.2) is 0 Å². The Bertz CT molecular complexity index is 596. The number of hydrogen-bond acceptors (Lipinski definition) is 2. The highest BCUT2D eigenvalue weighted by Gasteiger charge is 2.26. The summed E-state index contributed by atoms with van der Waals surface area (Å²) < 4.78 is 0. The van der Waals surface area contributed by atoms with Crippen LogP contribution in [-0.4, -0.2) is 9.97 Å². The molecule has 0 unspecified atom stereocenters. The highest BCUT2D eigenvalue weighted by molar-refractivity contribution is 5.75. The van der Waals surface area contributed by atoms with E-state index in [2.05, 4.69) is 16.9 Å². The minimum atomic E-state index is 0.0602. The Balaban J connectivity index is 2.22. The summed E-state index contributed by atoms with van der Waals surface area (Å²) in [6.07, 6.45) is 5.11. The Labute approximate surface area is 93.5 Å². The molecular weight excluding hydrogens is 200 g/mol. The normalized spacial score (nSPS) is 15.6. The Morgan fingerprint density at radius 2 is 2.25 bits per heavy atom. The predicted octanol–water partition coefficient (Wildman–Crippen LogP) is 2.36. The third-order valence-electron chi connectivity index (χ3n) is 3.20. The SMILES string of the molecule is CCc1cnc2cc(C3CC3)c(=O)[nH]c2c1. The Kier molecular flexibility index (Phi) is 2.06. The van der Waals surface area contributed by atoms with Gasteiger partial charge in [0.2, 0.25) is 0 Å². The number of nitrogens with zero attached hydrogens (tertiary/aromatic N) is 1. The topological polar surface area (TPSA) is 45.8 Å². The van der Waals surface area contributed by atoms with Crippen molar-refractivity contribution < 1.29 is 0 Å². The fourth-order valence-electron chi connectivity index (χ4n) is 2.03. The number of hydrogen-bond donors (Lipinski definition) is 1. The fraction of sp³-hybridized carbons (Fsp3) is 0.385. The molecule has 0 atom stereocenters. The second-order valence-electron chi connectivity index (χ2n) is 4.46. The van der Waals surface area contributed by atoms with Crippen LogP contribution in [0.15, 0.2) is 23.1 Å². The molecule has 0 saturated heterocycles. The van der Waals surface area contributed by atoms with Crippen molar-refractivity contribution in [3.63, 3.8) is 0 Å². The molecule has 1 saturated carbocycles. The first-order valence-electron chi connectivity index (χ1n) is 5.80. The second kappa shape index (κ2) is 3.44. The molecule has 1 N–H and O–H groups in total. The number of aromatic nitrogens is 2. The van der Waals surface area contributed by atoms with Crippen molar-refractivity contribution >= 4 is 11.0 Å². The van der Waals surface area contributed by atoms with Gasteiger partial charge < -0.3 is 4.98 Å². The molecule has 3 rings (SSSR count). The largest absolute Gasteiger partial charge is 0.320 e. The molecule has 0 spiro atoms. The molecular formula is C13H14N2O. The molecule has 1 aliphatic rings. The van der Waals surface area contributed by atoms with Crippen molar-refractivity contribution in [1.82, 2.24) is 9.97 Å². The minimum Gasteiger partial charge on any atom is -0.320 e. The number of aryl methyl sites for hydroxylation is 1. The van der Waals surface area contributed by atoms with Crippen LogP contribution in [0.4, 0.5) is 0 Å². The van der Waals surface area contributed by atoms with Crippen LogP contribution in [0.1, 0.15) is 36.8 Å². The molecule has 0 aromatic carbocycles. The lowest BCUT2D eigenvalue weighted by Gasteiger charge is -2.02. The quantitative estimate of drug-likeness (QED) is 0.834. The van der Waals surface area contributed by atoms with Crippen LogP contribution in [0, 0.1) is 0 Å².